The first-order valence-corrected chi connectivity index (χ1v) is 4.50. The van der Waals surface area contributed by atoms with Crippen molar-refractivity contribution in [1.82, 2.24) is 9.55 Å². The second-order valence-electron chi connectivity index (χ2n) is 3.38. The van der Waals surface area contributed by atoms with Crippen LogP contribution in [-0.2, 0) is 0 Å². The number of hydrogen-bond acceptors (Lipinski definition) is 3. The lowest BCUT2D eigenvalue weighted by molar-refractivity contribution is 0.134. The van der Waals surface area contributed by atoms with E-state index in [4.69, 9.17) is 0 Å². The maximum absolute atomic E-state index is 11.3. The van der Waals surface area contributed by atoms with Gasteiger partial charge in [-0.1, -0.05) is 0 Å². The first kappa shape index (κ1) is 8.44. The summed E-state index contributed by atoms with van der Waals surface area (Å²) in [6.07, 6.45) is 5.41. The van der Waals surface area contributed by atoms with Crippen molar-refractivity contribution < 1.29 is 5.11 Å². The highest BCUT2D eigenvalue weighted by molar-refractivity contribution is 4.89. The molecule has 1 aliphatic rings. The van der Waals surface area contributed by atoms with E-state index in [9.17, 15) is 9.90 Å². The molecule has 1 aliphatic carbocycles. The third kappa shape index (κ3) is 1.49. The van der Waals surface area contributed by atoms with Crippen LogP contribution in [0.4, 0.5) is 0 Å². The molecule has 1 aromatic heterocycles. The number of aliphatic hydroxyl groups is 1. The van der Waals surface area contributed by atoms with E-state index in [0.717, 1.165) is 19.3 Å². The average molecular weight is 180 g/mol. The lowest BCUT2D eigenvalue weighted by Crippen LogP contribution is -2.30. The molecule has 1 aromatic rings. The van der Waals surface area contributed by atoms with E-state index in [1.807, 2.05) is 0 Å². The number of nitrogens with zero attached hydrogens (tertiary/aromatic N) is 2. The van der Waals surface area contributed by atoms with Crippen molar-refractivity contribution in [2.75, 3.05) is 0 Å². The lowest BCUT2D eigenvalue weighted by atomic mass is 10.2. The molecule has 1 fully saturated rings. The smallest absolute Gasteiger partial charge is 0.347 e. The highest BCUT2D eigenvalue weighted by Crippen LogP contribution is 2.28. The normalized spacial score (nSPS) is 27.8. The van der Waals surface area contributed by atoms with Crippen LogP contribution in [0.5, 0.6) is 0 Å². The SMILES string of the molecule is O=c1ncccn1[C@H]1CCC[C@@H]1O. The molecule has 0 radical (unpaired) electrons. The second-order valence-corrected chi connectivity index (χ2v) is 3.38. The monoisotopic (exact) mass is 180 g/mol. The van der Waals surface area contributed by atoms with E-state index < -0.39 is 0 Å². The Morgan fingerprint density at radius 1 is 1.54 bits per heavy atom. The molecule has 4 heteroatoms. The molecule has 2 atom stereocenters. The molecule has 4 nitrogen and oxygen atoms in total. The van der Waals surface area contributed by atoms with Crippen molar-refractivity contribution in [2.24, 2.45) is 0 Å². The molecule has 0 aromatic carbocycles. The van der Waals surface area contributed by atoms with Gasteiger partial charge >= 0.3 is 5.69 Å². The van der Waals surface area contributed by atoms with Gasteiger partial charge in [-0.15, -0.1) is 0 Å². The van der Waals surface area contributed by atoms with E-state index in [0.29, 0.717) is 0 Å². The third-order valence-electron chi connectivity index (χ3n) is 2.54. The zero-order chi connectivity index (χ0) is 9.26. The zero-order valence-corrected chi connectivity index (χ0v) is 7.26. The molecule has 1 N–H and O–H groups in total. The fourth-order valence-electron chi connectivity index (χ4n) is 1.87. The van der Waals surface area contributed by atoms with Crippen LogP contribution < -0.4 is 5.69 Å². The molecule has 0 unspecified atom stereocenters. The van der Waals surface area contributed by atoms with Crippen molar-refractivity contribution in [3.05, 3.63) is 28.9 Å². The lowest BCUT2D eigenvalue weighted by Gasteiger charge is -2.16. The van der Waals surface area contributed by atoms with Gasteiger partial charge in [0.1, 0.15) is 0 Å². The summed E-state index contributed by atoms with van der Waals surface area (Å²) >= 11 is 0. The van der Waals surface area contributed by atoms with Crippen LogP contribution in [0.3, 0.4) is 0 Å². The highest BCUT2D eigenvalue weighted by Gasteiger charge is 2.27. The minimum absolute atomic E-state index is 0.0683. The molecule has 70 valence electrons. The standard InChI is InChI=1S/C9H12N2O2/c12-8-4-1-3-7(8)11-6-2-5-10-9(11)13/h2,5-8,12H,1,3-4H2/t7-,8-/m0/s1. The maximum atomic E-state index is 11.3. The Kier molecular flexibility index (Phi) is 2.14. The Labute approximate surface area is 75.9 Å². The number of hydrogen-bond donors (Lipinski definition) is 1. The predicted octanol–water partition coefficient (Wildman–Crippen LogP) is 0.329. The molecule has 1 heterocycles. The van der Waals surface area contributed by atoms with Crippen LogP contribution >= 0.6 is 0 Å². The van der Waals surface area contributed by atoms with Crippen molar-refractivity contribution in [3.63, 3.8) is 0 Å². The summed E-state index contributed by atoms with van der Waals surface area (Å²) in [4.78, 5) is 14.9. The van der Waals surface area contributed by atoms with E-state index >= 15 is 0 Å². The number of aliphatic hydroxyl groups excluding tert-OH is 1. The van der Waals surface area contributed by atoms with Gasteiger partial charge in [-0.3, -0.25) is 4.57 Å². The molecule has 0 saturated heterocycles. The summed E-state index contributed by atoms with van der Waals surface area (Å²) in [6, 6.07) is 1.65. The van der Waals surface area contributed by atoms with Gasteiger partial charge in [-0.25, -0.2) is 9.78 Å². The first-order chi connectivity index (χ1) is 6.29. The molecule has 2 rings (SSSR count). The van der Waals surface area contributed by atoms with Crippen LogP contribution in [-0.4, -0.2) is 20.8 Å². The van der Waals surface area contributed by atoms with E-state index in [1.54, 1.807) is 12.3 Å². The van der Waals surface area contributed by atoms with Crippen LogP contribution in [0, 0.1) is 0 Å². The average Bonchev–Trinajstić information content (AvgIpc) is 2.52. The first-order valence-electron chi connectivity index (χ1n) is 4.50. The molecule has 0 bridgehead atoms. The quantitative estimate of drug-likeness (QED) is 0.677. The molecule has 0 aliphatic heterocycles. The molecule has 13 heavy (non-hydrogen) atoms. The fourth-order valence-corrected chi connectivity index (χ4v) is 1.87. The summed E-state index contributed by atoms with van der Waals surface area (Å²) in [7, 11) is 0. The van der Waals surface area contributed by atoms with Gasteiger partial charge in [-0.05, 0) is 25.3 Å². The Morgan fingerprint density at radius 2 is 2.38 bits per heavy atom. The summed E-state index contributed by atoms with van der Waals surface area (Å²) < 4.78 is 1.53. The molecule has 0 spiro atoms. The van der Waals surface area contributed by atoms with Gasteiger partial charge < -0.3 is 5.11 Å². The Morgan fingerprint density at radius 3 is 3.00 bits per heavy atom. The summed E-state index contributed by atoms with van der Waals surface area (Å²) in [5.41, 5.74) is -0.270. The summed E-state index contributed by atoms with van der Waals surface area (Å²) in [5.74, 6) is 0. The van der Waals surface area contributed by atoms with Crippen LogP contribution in [0.15, 0.2) is 23.3 Å². The predicted molar refractivity (Wildman–Crippen MR) is 47.4 cm³/mol. The Balaban J connectivity index is 2.35. The number of rotatable bonds is 1. The minimum Gasteiger partial charge on any atom is -0.391 e. The fraction of sp³-hybridized carbons (Fsp3) is 0.556. The molecular formula is C9H12N2O2. The molecular weight excluding hydrogens is 168 g/mol. The van der Waals surface area contributed by atoms with Gasteiger partial charge in [-0.2, -0.15) is 0 Å². The topological polar surface area (TPSA) is 55.1 Å². The molecule has 0 amide bonds. The zero-order valence-electron chi connectivity index (χ0n) is 7.26. The van der Waals surface area contributed by atoms with Crippen molar-refractivity contribution >= 4 is 0 Å². The van der Waals surface area contributed by atoms with Gasteiger partial charge in [0.2, 0.25) is 0 Å². The summed E-state index contributed by atoms with van der Waals surface area (Å²) in [5, 5.41) is 9.58. The third-order valence-corrected chi connectivity index (χ3v) is 2.54. The highest BCUT2D eigenvalue weighted by atomic mass is 16.3. The summed E-state index contributed by atoms with van der Waals surface area (Å²) in [6.45, 7) is 0. The largest absolute Gasteiger partial charge is 0.391 e. The van der Waals surface area contributed by atoms with E-state index in [-0.39, 0.29) is 17.8 Å². The molecule has 1 saturated carbocycles. The van der Waals surface area contributed by atoms with E-state index in [1.165, 1.54) is 10.8 Å². The second kappa shape index (κ2) is 3.30. The van der Waals surface area contributed by atoms with E-state index in [2.05, 4.69) is 4.98 Å². The Bertz CT molecular complexity index is 347. The number of aromatic nitrogens is 2. The Hall–Kier alpha value is -1.16. The van der Waals surface area contributed by atoms with Crippen LogP contribution in [0.2, 0.25) is 0 Å². The van der Waals surface area contributed by atoms with Crippen molar-refractivity contribution in [1.29, 1.82) is 0 Å². The minimum atomic E-state index is -0.387. The van der Waals surface area contributed by atoms with Crippen molar-refractivity contribution in [2.45, 2.75) is 31.4 Å². The van der Waals surface area contributed by atoms with Gasteiger partial charge in [0.05, 0.1) is 12.1 Å². The van der Waals surface area contributed by atoms with Crippen LogP contribution in [0.1, 0.15) is 25.3 Å². The van der Waals surface area contributed by atoms with Crippen molar-refractivity contribution in [3.8, 4) is 0 Å². The van der Waals surface area contributed by atoms with Gasteiger partial charge in [0.25, 0.3) is 0 Å². The maximum Gasteiger partial charge on any atom is 0.347 e. The van der Waals surface area contributed by atoms with Gasteiger partial charge in [0.15, 0.2) is 0 Å². The van der Waals surface area contributed by atoms with Crippen LogP contribution in [0.25, 0.3) is 0 Å². The van der Waals surface area contributed by atoms with Gasteiger partial charge in [0, 0.05) is 12.4 Å².